The minimum atomic E-state index is -0.234. The summed E-state index contributed by atoms with van der Waals surface area (Å²) in [5.74, 6) is -0.0732. The van der Waals surface area contributed by atoms with Crippen LogP contribution in [0.25, 0.3) is 0 Å². The molecule has 1 fully saturated rings. The molecule has 1 aliphatic heterocycles. The van der Waals surface area contributed by atoms with Crippen LogP contribution in [0.4, 0.5) is 5.13 Å². The second-order valence-corrected chi connectivity index (χ2v) is 7.75. The van der Waals surface area contributed by atoms with Crippen LogP contribution in [0, 0.1) is 0 Å². The number of amides is 2. The maximum Gasteiger partial charge on any atom is 0.245 e. The van der Waals surface area contributed by atoms with Crippen molar-refractivity contribution in [1.82, 2.24) is 20.0 Å². The van der Waals surface area contributed by atoms with E-state index < -0.39 is 0 Å². The molecule has 26 heavy (non-hydrogen) atoms. The summed E-state index contributed by atoms with van der Waals surface area (Å²) in [4.78, 5) is 28.2. The molecule has 0 spiro atoms. The number of likely N-dealkylation sites (N-methyl/N-ethyl adjacent to an activating group) is 1. The Hall–Kier alpha value is -2.32. The summed E-state index contributed by atoms with van der Waals surface area (Å²) in [5, 5.41) is 12.2. The summed E-state index contributed by atoms with van der Waals surface area (Å²) in [6, 6.07) is 9.95. The highest BCUT2D eigenvalue weighted by Crippen LogP contribution is 2.27. The summed E-state index contributed by atoms with van der Waals surface area (Å²) < 4.78 is 0. The minimum Gasteiger partial charge on any atom is -0.333 e. The molecule has 7 nitrogen and oxygen atoms in total. The van der Waals surface area contributed by atoms with Crippen molar-refractivity contribution in [1.29, 1.82) is 0 Å². The molecule has 2 heterocycles. The molecule has 0 saturated carbocycles. The second kappa shape index (κ2) is 8.37. The summed E-state index contributed by atoms with van der Waals surface area (Å²) in [6.07, 6.45) is 1.24. The lowest BCUT2D eigenvalue weighted by Gasteiger charge is -2.15. The Labute approximate surface area is 157 Å². The number of hydrogen-bond acceptors (Lipinski definition) is 6. The van der Waals surface area contributed by atoms with Crippen LogP contribution < -0.4 is 5.32 Å². The maximum absolute atomic E-state index is 12.3. The number of carbonyl (C=O) groups is 2. The van der Waals surface area contributed by atoms with Gasteiger partial charge < -0.3 is 9.80 Å². The van der Waals surface area contributed by atoms with Gasteiger partial charge in [-0.1, -0.05) is 41.7 Å². The fourth-order valence-electron chi connectivity index (χ4n) is 2.93. The van der Waals surface area contributed by atoms with Crippen molar-refractivity contribution < 1.29 is 9.59 Å². The predicted octanol–water partition coefficient (Wildman–Crippen LogP) is 1.60. The highest BCUT2D eigenvalue weighted by Gasteiger charge is 2.31. The molecule has 1 unspecified atom stereocenters. The maximum atomic E-state index is 12.3. The lowest BCUT2D eigenvalue weighted by molar-refractivity contribution is -0.131. The molecule has 0 bridgehead atoms. The van der Waals surface area contributed by atoms with Gasteiger partial charge in [-0.05, 0) is 19.7 Å². The van der Waals surface area contributed by atoms with Gasteiger partial charge in [-0.3, -0.25) is 14.9 Å². The Kier molecular flexibility index (Phi) is 5.95. The molecule has 1 saturated heterocycles. The van der Waals surface area contributed by atoms with Gasteiger partial charge in [0, 0.05) is 31.8 Å². The molecule has 1 aromatic heterocycles. The zero-order valence-electron chi connectivity index (χ0n) is 15.0. The summed E-state index contributed by atoms with van der Waals surface area (Å²) in [5.41, 5.74) is 1.14. The van der Waals surface area contributed by atoms with Gasteiger partial charge in [0.05, 0.1) is 6.54 Å². The molecule has 1 aromatic carbocycles. The van der Waals surface area contributed by atoms with Crippen molar-refractivity contribution in [3.63, 3.8) is 0 Å². The zero-order valence-corrected chi connectivity index (χ0v) is 15.8. The Morgan fingerprint density at radius 3 is 2.81 bits per heavy atom. The molecule has 2 aromatic rings. The highest BCUT2D eigenvalue weighted by molar-refractivity contribution is 7.15. The number of rotatable bonds is 7. The quantitative estimate of drug-likeness (QED) is 0.798. The van der Waals surface area contributed by atoms with E-state index in [4.69, 9.17) is 0 Å². The van der Waals surface area contributed by atoms with E-state index in [1.165, 1.54) is 11.3 Å². The van der Waals surface area contributed by atoms with Crippen LogP contribution in [-0.4, -0.2) is 65.5 Å². The number of nitrogens with zero attached hydrogens (tertiary/aromatic N) is 4. The van der Waals surface area contributed by atoms with Crippen LogP contribution in [0.1, 0.15) is 22.9 Å². The summed E-state index contributed by atoms with van der Waals surface area (Å²) in [7, 11) is 4.00. The molecule has 138 valence electrons. The van der Waals surface area contributed by atoms with E-state index in [2.05, 4.69) is 20.4 Å². The number of benzene rings is 1. The molecule has 0 aliphatic carbocycles. The summed E-state index contributed by atoms with van der Waals surface area (Å²) >= 11 is 1.38. The molecule has 1 atom stereocenters. The van der Waals surface area contributed by atoms with Crippen LogP contribution in [0.3, 0.4) is 0 Å². The summed E-state index contributed by atoms with van der Waals surface area (Å²) in [6.45, 7) is 1.50. The van der Waals surface area contributed by atoms with E-state index in [0.29, 0.717) is 18.1 Å². The zero-order chi connectivity index (χ0) is 18.5. The smallest absolute Gasteiger partial charge is 0.245 e. The van der Waals surface area contributed by atoms with Crippen LogP contribution in [0.2, 0.25) is 0 Å². The van der Waals surface area contributed by atoms with Crippen LogP contribution in [0.15, 0.2) is 30.3 Å². The third-order valence-electron chi connectivity index (χ3n) is 4.31. The van der Waals surface area contributed by atoms with Crippen molar-refractivity contribution in [2.45, 2.75) is 18.8 Å². The third-order valence-corrected chi connectivity index (χ3v) is 5.20. The van der Waals surface area contributed by atoms with Crippen LogP contribution in [0.5, 0.6) is 0 Å². The topological polar surface area (TPSA) is 78.4 Å². The standard InChI is InChI=1S/C18H23N5O2S/c1-22(2)9-8-16-20-21-18(26-16)19-15(24)12-23-11-14(10-17(23)25)13-6-4-3-5-7-13/h3-7,14H,8-12H2,1-2H3,(H,19,21,24). The average molecular weight is 373 g/mol. The van der Waals surface area contributed by atoms with Gasteiger partial charge in [0.1, 0.15) is 5.01 Å². The van der Waals surface area contributed by atoms with Gasteiger partial charge in [-0.2, -0.15) is 0 Å². The number of aromatic nitrogens is 2. The van der Waals surface area contributed by atoms with Gasteiger partial charge in [0.15, 0.2) is 0 Å². The van der Waals surface area contributed by atoms with Gasteiger partial charge >= 0.3 is 0 Å². The monoisotopic (exact) mass is 373 g/mol. The average Bonchev–Trinajstić information content (AvgIpc) is 3.21. The largest absolute Gasteiger partial charge is 0.333 e. The van der Waals surface area contributed by atoms with E-state index in [1.54, 1.807) is 4.90 Å². The molecule has 3 rings (SSSR count). The molecule has 1 N–H and O–H groups in total. The minimum absolute atomic E-state index is 0.0120. The van der Waals surface area contributed by atoms with Crippen molar-refractivity contribution in [2.24, 2.45) is 0 Å². The molecule has 1 aliphatic rings. The number of nitrogens with one attached hydrogen (secondary N) is 1. The van der Waals surface area contributed by atoms with Crippen molar-refractivity contribution in [3.8, 4) is 0 Å². The Bertz CT molecular complexity index is 762. The van der Waals surface area contributed by atoms with Crippen LogP contribution >= 0.6 is 11.3 Å². The Morgan fingerprint density at radius 1 is 1.31 bits per heavy atom. The van der Waals surface area contributed by atoms with E-state index >= 15 is 0 Å². The predicted molar refractivity (Wildman–Crippen MR) is 101 cm³/mol. The molecule has 2 amide bonds. The van der Waals surface area contributed by atoms with E-state index in [-0.39, 0.29) is 24.3 Å². The molecular formula is C18H23N5O2S. The third kappa shape index (κ3) is 4.86. The van der Waals surface area contributed by atoms with Gasteiger partial charge in [0.2, 0.25) is 16.9 Å². The molecule has 0 radical (unpaired) electrons. The van der Waals surface area contributed by atoms with E-state index in [9.17, 15) is 9.59 Å². The normalized spacial score (nSPS) is 17.1. The van der Waals surface area contributed by atoms with Gasteiger partial charge in [0.25, 0.3) is 0 Å². The number of likely N-dealkylation sites (tertiary alicyclic amines) is 1. The van der Waals surface area contributed by atoms with Gasteiger partial charge in [-0.15, -0.1) is 10.2 Å². The van der Waals surface area contributed by atoms with E-state index in [1.807, 2.05) is 44.4 Å². The molecule has 8 heteroatoms. The lowest BCUT2D eigenvalue weighted by atomic mass is 9.99. The number of anilines is 1. The Balaban J connectivity index is 1.51. The molecular weight excluding hydrogens is 350 g/mol. The first-order valence-electron chi connectivity index (χ1n) is 8.61. The number of carbonyl (C=O) groups excluding carboxylic acids is 2. The Morgan fingerprint density at radius 2 is 2.08 bits per heavy atom. The van der Waals surface area contributed by atoms with Crippen molar-refractivity contribution in [3.05, 3.63) is 40.9 Å². The van der Waals surface area contributed by atoms with Gasteiger partial charge in [-0.25, -0.2) is 0 Å². The number of hydrogen-bond donors (Lipinski definition) is 1. The first-order chi connectivity index (χ1) is 12.5. The first-order valence-corrected chi connectivity index (χ1v) is 9.42. The first kappa shape index (κ1) is 18.5. The van der Waals surface area contributed by atoms with Crippen molar-refractivity contribution in [2.75, 3.05) is 39.0 Å². The second-order valence-electron chi connectivity index (χ2n) is 6.69. The SMILES string of the molecule is CN(C)CCc1nnc(NC(=O)CN2CC(c3ccccc3)CC2=O)s1. The van der Waals surface area contributed by atoms with E-state index in [0.717, 1.165) is 23.5 Å². The highest BCUT2D eigenvalue weighted by atomic mass is 32.1. The van der Waals surface area contributed by atoms with Crippen LogP contribution in [-0.2, 0) is 16.0 Å². The van der Waals surface area contributed by atoms with Crippen molar-refractivity contribution >= 4 is 28.3 Å². The lowest BCUT2D eigenvalue weighted by Crippen LogP contribution is -2.34. The fraction of sp³-hybridized carbons (Fsp3) is 0.444. The fourth-order valence-corrected chi connectivity index (χ4v) is 3.67.